The summed E-state index contributed by atoms with van der Waals surface area (Å²) in [6.07, 6.45) is 0.234. The molecule has 0 spiro atoms. The average Bonchev–Trinajstić information content (AvgIpc) is 2.39. The summed E-state index contributed by atoms with van der Waals surface area (Å²) < 4.78 is 10.6. The third-order valence-electron chi connectivity index (χ3n) is 2.33. The van der Waals surface area contributed by atoms with Crippen molar-refractivity contribution in [2.45, 2.75) is 13.0 Å². The van der Waals surface area contributed by atoms with Gasteiger partial charge in [0.1, 0.15) is 0 Å². The number of benzene rings is 1. The molecule has 0 saturated heterocycles. The Bertz CT molecular complexity index is 423. The number of aliphatic hydroxyl groups excluding tert-OH is 1. The van der Waals surface area contributed by atoms with E-state index in [1.807, 2.05) is 0 Å². The fourth-order valence-electron chi connectivity index (χ4n) is 1.38. The molecule has 100 valence electrons. The highest BCUT2D eigenvalue weighted by Crippen LogP contribution is 2.36. The van der Waals surface area contributed by atoms with Crippen molar-refractivity contribution in [1.82, 2.24) is 5.32 Å². The van der Waals surface area contributed by atoms with Crippen LogP contribution in [0.4, 0.5) is 0 Å². The molecule has 5 nitrogen and oxygen atoms in total. The van der Waals surface area contributed by atoms with Gasteiger partial charge in [0.25, 0.3) is 0 Å². The van der Waals surface area contributed by atoms with Crippen LogP contribution < -0.4 is 14.8 Å². The van der Waals surface area contributed by atoms with Gasteiger partial charge < -0.3 is 19.9 Å². The zero-order chi connectivity index (χ0) is 13.5. The van der Waals surface area contributed by atoms with Crippen molar-refractivity contribution in [3.05, 3.63) is 22.7 Å². The van der Waals surface area contributed by atoms with Crippen molar-refractivity contribution in [2.24, 2.45) is 0 Å². The van der Waals surface area contributed by atoms with Gasteiger partial charge in [-0.15, -0.1) is 0 Å². The Morgan fingerprint density at radius 1 is 1.50 bits per heavy atom. The van der Waals surface area contributed by atoms with Crippen LogP contribution in [0.2, 0.25) is 5.02 Å². The van der Waals surface area contributed by atoms with Crippen molar-refractivity contribution < 1.29 is 19.4 Å². The van der Waals surface area contributed by atoms with Gasteiger partial charge in [-0.1, -0.05) is 11.6 Å². The predicted molar refractivity (Wildman–Crippen MR) is 68.1 cm³/mol. The molecule has 1 rings (SSSR count). The summed E-state index contributed by atoms with van der Waals surface area (Å²) in [5, 5.41) is 11.9. The zero-order valence-corrected chi connectivity index (χ0v) is 11.1. The minimum Gasteiger partial charge on any atom is -0.493 e. The molecule has 2 N–H and O–H groups in total. The number of methoxy groups -OCH3 is 1. The average molecular weight is 274 g/mol. The second-order valence-corrected chi connectivity index (χ2v) is 3.95. The SMILES string of the molecule is CNC(=O)CCOc1c(Cl)cc(CO)cc1OC. The topological polar surface area (TPSA) is 67.8 Å². The Morgan fingerprint density at radius 2 is 2.22 bits per heavy atom. The first-order chi connectivity index (χ1) is 8.62. The monoisotopic (exact) mass is 273 g/mol. The molecule has 0 saturated carbocycles. The molecule has 1 aromatic rings. The number of ether oxygens (including phenoxy) is 2. The van der Waals surface area contributed by atoms with E-state index < -0.39 is 0 Å². The lowest BCUT2D eigenvalue weighted by atomic mass is 10.2. The van der Waals surface area contributed by atoms with Crippen molar-refractivity contribution >= 4 is 17.5 Å². The molecule has 0 aliphatic carbocycles. The van der Waals surface area contributed by atoms with Gasteiger partial charge in [0, 0.05) is 7.05 Å². The number of nitrogens with one attached hydrogen (secondary N) is 1. The minimum absolute atomic E-state index is 0.114. The summed E-state index contributed by atoms with van der Waals surface area (Å²) in [5.41, 5.74) is 0.635. The van der Waals surface area contributed by atoms with Gasteiger partial charge in [0.2, 0.25) is 5.91 Å². The lowest BCUT2D eigenvalue weighted by molar-refractivity contribution is -0.121. The Balaban J connectivity index is 2.78. The Morgan fingerprint density at radius 3 is 2.78 bits per heavy atom. The molecule has 0 heterocycles. The zero-order valence-electron chi connectivity index (χ0n) is 10.3. The maximum absolute atomic E-state index is 11.1. The third-order valence-corrected chi connectivity index (χ3v) is 2.61. The molecule has 1 aromatic carbocycles. The number of halogens is 1. The third kappa shape index (κ3) is 3.78. The second kappa shape index (κ2) is 7.08. The first kappa shape index (κ1) is 14.6. The Labute approximate surface area is 111 Å². The fourth-order valence-corrected chi connectivity index (χ4v) is 1.66. The standard InChI is InChI=1S/C12H16ClNO4/c1-14-11(16)3-4-18-12-9(13)5-8(7-15)6-10(12)17-2/h5-6,15H,3-4,7H2,1-2H3,(H,14,16). The molecule has 0 unspecified atom stereocenters. The van der Waals surface area contributed by atoms with Gasteiger partial charge in [-0.05, 0) is 17.7 Å². The first-order valence-corrected chi connectivity index (χ1v) is 5.80. The molecule has 0 radical (unpaired) electrons. The molecule has 6 heteroatoms. The van der Waals surface area contributed by atoms with Gasteiger partial charge in [0.15, 0.2) is 11.5 Å². The van der Waals surface area contributed by atoms with Gasteiger partial charge >= 0.3 is 0 Å². The van der Waals surface area contributed by atoms with Crippen molar-refractivity contribution in [2.75, 3.05) is 20.8 Å². The summed E-state index contributed by atoms with van der Waals surface area (Å²) >= 11 is 6.02. The summed E-state index contributed by atoms with van der Waals surface area (Å²) in [5.74, 6) is 0.695. The number of carbonyl (C=O) groups excluding carboxylic acids is 1. The maximum Gasteiger partial charge on any atom is 0.223 e. The van der Waals surface area contributed by atoms with Gasteiger partial charge in [0.05, 0.1) is 31.8 Å². The van der Waals surface area contributed by atoms with E-state index in [0.717, 1.165) is 0 Å². The van der Waals surface area contributed by atoms with E-state index in [4.69, 9.17) is 26.2 Å². The number of amides is 1. The van der Waals surface area contributed by atoms with Crippen LogP contribution in [0.15, 0.2) is 12.1 Å². The van der Waals surface area contributed by atoms with E-state index in [1.165, 1.54) is 7.11 Å². The van der Waals surface area contributed by atoms with Crippen molar-refractivity contribution in [3.63, 3.8) is 0 Å². The van der Waals surface area contributed by atoms with Crippen LogP contribution in [0.1, 0.15) is 12.0 Å². The summed E-state index contributed by atoms with van der Waals surface area (Å²) in [7, 11) is 3.05. The maximum atomic E-state index is 11.1. The number of carbonyl (C=O) groups is 1. The predicted octanol–water partition coefficient (Wildman–Crippen LogP) is 1.36. The lowest BCUT2D eigenvalue weighted by Gasteiger charge is -2.13. The van der Waals surface area contributed by atoms with Gasteiger partial charge in [-0.2, -0.15) is 0 Å². The van der Waals surface area contributed by atoms with E-state index in [1.54, 1.807) is 19.2 Å². The fraction of sp³-hybridized carbons (Fsp3) is 0.417. The number of hydrogen-bond donors (Lipinski definition) is 2. The van der Waals surface area contributed by atoms with Crippen LogP contribution in [-0.2, 0) is 11.4 Å². The Hall–Kier alpha value is -1.46. The quantitative estimate of drug-likeness (QED) is 0.821. The van der Waals surface area contributed by atoms with Gasteiger partial charge in [-0.3, -0.25) is 4.79 Å². The van der Waals surface area contributed by atoms with Crippen LogP contribution >= 0.6 is 11.6 Å². The highest BCUT2D eigenvalue weighted by molar-refractivity contribution is 6.32. The van der Waals surface area contributed by atoms with Crippen LogP contribution in [0.3, 0.4) is 0 Å². The lowest BCUT2D eigenvalue weighted by Crippen LogP contribution is -2.20. The van der Waals surface area contributed by atoms with Gasteiger partial charge in [-0.25, -0.2) is 0 Å². The molecular formula is C12H16ClNO4. The number of hydrogen-bond acceptors (Lipinski definition) is 4. The molecule has 0 fully saturated rings. The summed E-state index contributed by atoms with van der Waals surface area (Å²) in [6.45, 7) is 0.0722. The van der Waals surface area contributed by atoms with E-state index in [-0.39, 0.29) is 25.5 Å². The first-order valence-electron chi connectivity index (χ1n) is 5.43. The van der Waals surface area contributed by atoms with Crippen molar-refractivity contribution in [1.29, 1.82) is 0 Å². The second-order valence-electron chi connectivity index (χ2n) is 3.54. The molecule has 0 aliphatic rings. The molecular weight excluding hydrogens is 258 g/mol. The number of rotatable bonds is 6. The van der Waals surface area contributed by atoms with E-state index in [2.05, 4.69) is 5.32 Å². The molecule has 1 amide bonds. The van der Waals surface area contributed by atoms with Crippen molar-refractivity contribution in [3.8, 4) is 11.5 Å². The summed E-state index contributed by atoms with van der Waals surface area (Å²) in [4.78, 5) is 11.1. The van der Waals surface area contributed by atoms with E-state index in [9.17, 15) is 4.79 Å². The smallest absolute Gasteiger partial charge is 0.223 e. The van der Waals surface area contributed by atoms with E-state index >= 15 is 0 Å². The van der Waals surface area contributed by atoms with Crippen LogP contribution in [0, 0.1) is 0 Å². The summed E-state index contributed by atoms with van der Waals surface area (Å²) in [6, 6.07) is 3.24. The van der Waals surface area contributed by atoms with Crippen LogP contribution in [-0.4, -0.2) is 31.8 Å². The minimum atomic E-state index is -0.130. The van der Waals surface area contributed by atoms with Crippen LogP contribution in [0.5, 0.6) is 11.5 Å². The molecule has 0 aliphatic heterocycles. The molecule has 0 atom stereocenters. The Kier molecular flexibility index (Phi) is 5.74. The van der Waals surface area contributed by atoms with E-state index in [0.29, 0.717) is 22.1 Å². The molecule has 18 heavy (non-hydrogen) atoms. The highest BCUT2D eigenvalue weighted by Gasteiger charge is 2.12. The molecule has 0 aromatic heterocycles. The number of aliphatic hydroxyl groups is 1. The normalized spacial score (nSPS) is 10.0. The van der Waals surface area contributed by atoms with Crippen LogP contribution in [0.25, 0.3) is 0 Å². The molecule has 0 bridgehead atoms. The largest absolute Gasteiger partial charge is 0.493 e. The highest BCUT2D eigenvalue weighted by atomic mass is 35.5.